The van der Waals surface area contributed by atoms with E-state index in [1.807, 2.05) is 49.4 Å². The van der Waals surface area contributed by atoms with Gasteiger partial charge in [-0.15, -0.1) is 0 Å². The smallest absolute Gasteiger partial charge is 0.276 e. The van der Waals surface area contributed by atoms with Crippen molar-refractivity contribution in [2.24, 2.45) is 0 Å². The molecule has 0 bridgehead atoms. The van der Waals surface area contributed by atoms with Crippen LogP contribution in [0.3, 0.4) is 0 Å². The molecule has 2 aromatic carbocycles. The Balaban J connectivity index is 1.71. The lowest BCUT2D eigenvalue weighted by Gasteiger charge is -2.17. The monoisotopic (exact) mass is 550 g/mol. The van der Waals surface area contributed by atoms with Crippen molar-refractivity contribution in [1.82, 2.24) is 19.5 Å². The summed E-state index contributed by atoms with van der Waals surface area (Å²) in [5.41, 5.74) is 2.41. The zero-order chi connectivity index (χ0) is 26.0. The van der Waals surface area contributed by atoms with E-state index in [2.05, 4.69) is 30.9 Å². The number of nitrogens with zero attached hydrogens (tertiary/aromatic N) is 4. The third kappa shape index (κ3) is 5.32. The number of aromatic nitrogens is 4. The maximum Gasteiger partial charge on any atom is 0.276 e. The molecule has 9 heteroatoms. The summed E-state index contributed by atoms with van der Waals surface area (Å²) in [6, 6.07) is 15.0. The Morgan fingerprint density at radius 1 is 1.08 bits per heavy atom. The van der Waals surface area contributed by atoms with Gasteiger partial charge in [-0.2, -0.15) is 4.98 Å². The minimum atomic E-state index is -1.17. The van der Waals surface area contributed by atoms with Crippen molar-refractivity contribution >= 4 is 15.9 Å². The van der Waals surface area contributed by atoms with Gasteiger partial charge < -0.3 is 14.6 Å². The number of methoxy groups -OCH3 is 1. The van der Waals surface area contributed by atoms with Crippen LogP contribution in [0.4, 0.5) is 0 Å². The molecule has 0 unspecified atom stereocenters. The summed E-state index contributed by atoms with van der Waals surface area (Å²) in [5, 5.41) is 10.3. The minimum Gasteiger partial charge on any atom is -0.497 e. The van der Waals surface area contributed by atoms with Gasteiger partial charge in [-0.25, -0.2) is 9.97 Å². The average molecular weight is 551 g/mol. The van der Waals surface area contributed by atoms with Crippen molar-refractivity contribution in [2.75, 3.05) is 7.11 Å². The number of hydrogen-bond donors (Lipinski definition) is 1. The first kappa shape index (κ1) is 25.5. The Kier molecular flexibility index (Phi) is 7.23. The van der Waals surface area contributed by atoms with Crippen molar-refractivity contribution < 1.29 is 14.6 Å². The number of aliphatic hydroxyl groups is 1. The highest BCUT2D eigenvalue weighted by Gasteiger charge is 2.21. The topological polar surface area (TPSA) is 99.4 Å². The number of hydrogen-bond acceptors (Lipinski definition) is 7. The fourth-order valence-electron chi connectivity index (χ4n) is 3.70. The number of rotatable bonds is 7. The van der Waals surface area contributed by atoms with Crippen LogP contribution in [0.25, 0.3) is 16.9 Å². The predicted molar refractivity (Wildman–Crippen MR) is 141 cm³/mol. The molecule has 2 heterocycles. The summed E-state index contributed by atoms with van der Waals surface area (Å²) < 4.78 is 12.9. The molecular weight excluding hydrogens is 524 g/mol. The van der Waals surface area contributed by atoms with Crippen LogP contribution in [0.15, 0.2) is 64.0 Å². The molecule has 0 spiro atoms. The van der Waals surface area contributed by atoms with Gasteiger partial charge in [0.15, 0.2) is 5.82 Å². The molecule has 4 rings (SSSR count). The first-order chi connectivity index (χ1) is 17.1. The van der Waals surface area contributed by atoms with Crippen molar-refractivity contribution in [1.29, 1.82) is 0 Å². The average Bonchev–Trinajstić information content (AvgIpc) is 2.86. The molecule has 0 amide bonds. The maximum absolute atomic E-state index is 13.4. The van der Waals surface area contributed by atoms with E-state index >= 15 is 0 Å². The highest BCUT2D eigenvalue weighted by atomic mass is 79.9. The standard InChI is InChI=1S/C27H27BrN4O4/c1-16-9-10-19(21-11-12-29-26(31-21)27(3,4)34)14-22(16)32-17(2)30-24(23(28)25(32)33)36-15-18-7-6-8-20(13-18)35-5/h6-14,34H,15H2,1-5H3. The molecule has 8 nitrogen and oxygen atoms in total. The summed E-state index contributed by atoms with van der Waals surface area (Å²) >= 11 is 3.39. The summed E-state index contributed by atoms with van der Waals surface area (Å²) in [6.45, 7) is 7.19. The molecule has 4 aromatic rings. The number of benzene rings is 2. The van der Waals surface area contributed by atoms with Gasteiger partial charge in [0.1, 0.15) is 28.3 Å². The third-order valence-electron chi connectivity index (χ3n) is 5.62. The highest BCUT2D eigenvalue weighted by molar-refractivity contribution is 9.10. The lowest BCUT2D eigenvalue weighted by molar-refractivity contribution is 0.0688. The molecule has 0 aliphatic heterocycles. The minimum absolute atomic E-state index is 0.219. The molecular formula is C27H27BrN4O4. The SMILES string of the molecule is COc1cccc(COc2nc(C)n(-c3cc(-c4ccnc(C(C)(C)O)n4)ccc3C)c(=O)c2Br)c1. The number of ether oxygens (including phenoxy) is 2. The van der Waals surface area contributed by atoms with E-state index in [0.29, 0.717) is 23.0 Å². The second-order valence-corrected chi connectivity index (χ2v) is 9.68. The van der Waals surface area contributed by atoms with Crippen molar-refractivity contribution in [2.45, 2.75) is 39.9 Å². The van der Waals surface area contributed by atoms with E-state index in [1.165, 1.54) is 0 Å². The van der Waals surface area contributed by atoms with E-state index in [4.69, 9.17) is 9.47 Å². The van der Waals surface area contributed by atoms with E-state index in [9.17, 15) is 9.90 Å². The van der Waals surface area contributed by atoms with Crippen LogP contribution in [0.5, 0.6) is 11.6 Å². The molecule has 0 atom stereocenters. The van der Waals surface area contributed by atoms with E-state index in [0.717, 1.165) is 22.4 Å². The molecule has 0 saturated heterocycles. The largest absolute Gasteiger partial charge is 0.497 e. The summed E-state index contributed by atoms with van der Waals surface area (Å²) in [5.74, 6) is 1.74. The molecule has 36 heavy (non-hydrogen) atoms. The van der Waals surface area contributed by atoms with Crippen LogP contribution in [0, 0.1) is 13.8 Å². The summed E-state index contributed by atoms with van der Waals surface area (Å²) in [6.07, 6.45) is 1.61. The van der Waals surface area contributed by atoms with Crippen LogP contribution < -0.4 is 15.0 Å². The van der Waals surface area contributed by atoms with Gasteiger partial charge >= 0.3 is 0 Å². The first-order valence-electron chi connectivity index (χ1n) is 11.3. The molecule has 0 aliphatic rings. The molecule has 0 aliphatic carbocycles. The van der Waals surface area contributed by atoms with Gasteiger partial charge in [-0.05, 0) is 79.0 Å². The van der Waals surface area contributed by atoms with Crippen LogP contribution >= 0.6 is 15.9 Å². The van der Waals surface area contributed by atoms with Crippen LogP contribution in [0.1, 0.15) is 36.6 Å². The lowest BCUT2D eigenvalue weighted by Crippen LogP contribution is -2.24. The van der Waals surface area contributed by atoms with Gasteiger partial charge in [-0.3, -0.25) is 9.36 Å². The van der Waals surface area contributed by atoms with Crippen LogP contribution in [-0.2, 0) is 12.2 Å². The Hall–Kier alpha value is -3.56. The predicted octanol–water partition coefficient (Wildman–Crippen LogP) is 4.88. The molecule has 186 valence electrons. The zero-order valence-electron chi connectivity index (χ0n) is 20.7. The second-order valence-electron chi connectivity index (χ2n) is 8.88. The van der Waals surface area contributed by atoms with Crippen LogP contribution in [0.2, 0.25) is 0 Å². The van der Waals surface area contributed by atoms with E-state index in [1.54, 1.807) is 44.7 Å². The van der Waals surface area contributed by atoms with E-state index in [-0.39, 0.29) is 22.5 Å². The van der Waals surface area contributed by atoms with Crippen molar-refractivity contribution in [3.63, 3.8) is 0 Å². The van der Waals surface area contributed by atoms with Crippen molar-refractivity contribution in [3.05, 3.63) is 92.3 Å². The van der Waals surface area contributed by atoms with E-state index < -0.39 is 5.60 Å². The Morgan fingerprint density at radius 2 is 1.86 bits per heavy atom. The van der Waals surface area contributed by atoms with Gasteiger partial charge in [0.2, 0.25) is 5.88 Å². The fraction of sp³-hybridized carbons (Fsp3) is 0.259. The van der Waals surface area contributed by atoms with Gasteiger partial charge in [0, 0.05) is 11.8 Å². The van der Waals surface area contributed by atoms with Crippen LogP contribution in [-0.4, -0.2) is 31.7 Å². The van der Waals surface area contributed by atoms with Gasteiger partial charge in [0.25, 0.3) is 5.56 Å². The molecule has 0 radical (unpaired) electrons. The summed E-state index contributed by atoms with van der Waals surface area (Å²) in [7, 11) is 1.61. The normalized spacial score (nSPS) is 11.4. The third-order valence-corrected chi connectivity index (χ3v) is 6.30. The fourth-order valence-corrected chi connectivity index (χ4v) is 4.08. The Bertz CT molecular complexity index is 1480. The molecule has 0 saturated carbocycles. The summed E-state index contributed by atoms with van der Waals surface area (Å²) in [4.78, 5) is 26.7. The maximum atomic E-state index is 13.4. The Labute approximate surface area is 217 Å². The molecule has 1 N–H and O–H groups in total. The van der Waals surface area contributed by atoms with Gasteiger partial charge in [0.05, 0.1) is 18.5 Å². The quantitative estimate of drug-likeness (QED) is 0.350. The van der Waals surface area contributed by atoms with Crippen molar-refractivity contribution in [3.8, 4) is 28.6 Å². The highest BCUT2D eigenvalue weighted by Crippen LogP contribution is 2.27. The number of aryl methyl sites for hydroxylation is 2. The van der Waals surface area contributed by atoms with Gasteiger partial charge in [-0.1, -0.05) is 24.3 Å². The lowest BCUT2D eigenvalue weighted by atomic mass is 10.1. The zero-order valence-corrected chi connectivity index (χ0v) is 22.3. The molecule has 0 fully saturated rings. The first-order valence-corrected chi connectivity index (χ1v) is 12.1. The second kappa shape index (κ2) is 10.2. The molecule has 2 aromatic heterocycles. The Morgan fingerprint density at radius 3 is 2.58 bits per heavy atom. The number of halogens is 1.